The Morgan fingerprint density at radius 1 is 1.33 bits per heavy atom. The summed E-state index contributed by atoms with van der Waals surface area (Å²) in [4.78, 5) is 16.1. The van der Waals surface area contributed by atoms with E-state index in [0.717, 1.165) is 18.4 Å². The number of phenolic OH excluding ortho intramolecular Hbond substituents is 1. The Labute approximate surface area is 147 Å². The maximum absolute atomic E-state index is 11.8. The Balaban J connectivity index is 2.13. The van der Waals surface area contributed by atoms with E-state index in [0.29, 0.717) is 28.4 Å². The third-order valence-electron chi connectivity index (χ3n) is 3.48. The van der Waals surface area contributed by atoms with Crippen LogP contribution >= 0.6 is 11.6 Å². The number of phenols is 1. The van der Waals surface area contributed by atoms with Crippen molar-refractivity contribution in [3.05, 3.63) is 52.5 Å². The first kappa shape index (κ1) is 18.0. The average molecular weight is 345 g/mol. The Morgan fingerprint density at radius 3 is 2.88 bits per heavy atom. The first-order chi connectivity index (χ1) is 11.5. The predicted molar refractivity (Wildman–Crippen MR) is 99.7 cm³/mol. The fourth-order valence-electron chi connectivity index (χ4n) is 2.23. The normalized spacial score (nSPS) is 11.0. The van der Waals surface area contributed by atoms with Crippen molar-refractivity contribution in [2.75, 3.05) is 5.32 Å². The highest BCUT2D eigenvalue weighted by Crippen LogP contribution is 2.28. The number of carbonyl (C=O) groups excluding carboxylic acids is 1. The van der Waals surface area contributed by atoms with Crippen LogP contribution in [0.15, 0.2) is 41.4 Å². The molecule has 0 atom stereocenters. The molecule has 0 unspecified atom stereocenters. The topological polar surface area (TPSA) is 61.7 Å². The van der Waals surface area contributed by atoms with Crippen molar-refractivity contribution < 1.29 is 9.90 Å². The largest absolute Gasteiger partial charge is 0.506 e. The first-order valence-electron chi connectivity index (χ1n) is 7.92. The van der Waals surface area contributed by atoms with Gasteiger partial charge in [0.05, 0.1) is 10.7 Å². The highest BCUT2D eigenvalue weighted by Gasteiger charge is 2.05. The summed E-state index contributed by atoms with van der Waals surface area (Å²) in [5.74, 6) is 0.0103. The lowest BCUT2D eigenvalue weighted by Crippen LogP contribution is -2.10. The third kappa shape index (κ3) is 5.10. The van der Waals surface area contributed by atoms with Crippen LogP contribution in [0.3, 0.4) is 0 Å². The summed E-state index contributed by atoms with van der Waals surface area (Å²) in [6, 6.07) is 10.8. The summed E-state index contributed by atoms with van der Waals surface area (Å²) in [7, 11) is 0. The number of anilines is 1. The van der Waals surface area contributed by atoms with Gasteiger partial charge in [-0.1, -0.05) is 31.0 Å². The Hall–Kier alpha value is -2.33. The molecular weight excluding hydrogens is 324 g/mol. The minimum atomic E-state index is 0.00101. The van der Waals surface area contributed by atoms with Gasteiger partial charge in [0.15, 0.2) is 0 Å². The number of hydrogen-bond donors (Lipinski definition) is 2. The molecule has 1 amide bonds. The quantitative estimate of drug-likeness (QED) is 0.704. The average Bonchev–Trinajstić information content (AvgIpc) is 2.55. The van der Waals surface area contributed by atoms with E-state index in [1.807, 2.05) is 25.1 Å². The molecule has 2 aromatic rings. The predicted octanol–water partition coefficient (Wildman–Crippen LogP) is 5.23. The first-order valence-corrected chi connectivity index (χ1v) is 8.30. The van der Waals surface area contributed by atoms with Crippen molar-refractivity contribution in [1.82, 2.24) is 0 Å². The molecular formula is C19H21ClN2O2. The highest BCUT2D eigenvalue weighted by atomic mass is 35.5. The van der Waals surface area contributed by atoms with Gasteiger partial charge in [-0.15, -0.1) is 0 Å². The molecule has 0 aliphatic rings. The lowest BCUT2D eigenvalue weighted by atomic mass is 10.1. The highest BCUT2D eigenvalue weighted by molar-refractivity contribution is 6.32. The standard InChI is InChI=1S/C19H21ClN2O2/c1-3-4-8-18(23)22-16-7-5-6-15(11-16)21-12-14-9-13(2)10-17(20)19(14)24/h5-7,9-12,24H,3-4,8H2,1-2H3,(H,22,23). The number of nitrogens with zero attached hydrogens (tertiary/aromatic N) is 1. The van der Waals surface area contributed by atoms with Crippen molar-refractivity contribution in [2.45, 2.75) is 33.1 Å². The van der Waals surface area contributed by atoms with Gasteiger partial charge in [0.1, 0.15) is 5.75 Å². The Kier molecular flexibility index (Phi) is 6.38. The monoisotopic (exact) mass is 344 g/mol. The van der Waals surface area contributed by atoms with Gasteiger partial charge in [0, 0.05) is 23.9 Å². The molecule has 0 saturated heterocycles. The summed E-state index contributed by atoms with van der Waals surface area (Å²) in [6.07, 6.45) is 3.93. The zero-order chi connectivity index (χ0) is 17.5. The second kappa shape index (κ2) is 8.50. The number of aliphatic imine (C=N–C) groups is 1. The molecule has 0 heterocycles. The summed E-state index contributed by atoms with van der Waals surface area (Å²) in [5, 5.41) is 13.1. The summed E-state index contributed by atoms with van der Waals surface area (Å²) in [6.45, 7) is 3.95. The van der Waals surface area contributed by atoms with E-state index in [4.69, 9.17) is 11.6 Å². The SMILES string of the molecule is CCCCC(=O)Nc1cccc(N=Cc2cc(C)cc(Cl)c2O)c1. The van der Waals surface area contributed by atoms with Gasteiger partial charge in [-0.25, -0.2) is 0 Å². The van der Waals surface area contributed by atoms with E-state index < -0.39 is 0 Å². The molecule has 0 aromatic heterocycles. The van der Waals surface area contributed by atoms with Crippen LogP contribution in [-0.2, 0) is 4.79 Å². The van der Waals surface area contributed by atoms with Gasteiger partial charge >= 0.3 is 0 Å². The molecule has 2 aromatic carbocycles. The molecule has 0 aliphatic carbocycles. The number of amides is 1. The van der Waals surface area contributed by atoms with Crippen molar-refractivity contribution in [3.63, 3.8) is 0 Å². The molecule has 5 heteroatoms. The van der Waals surface area contributed by atoms with Crippen LogP contribution in [0.2, 0.25) is 5.02 Å². The number of rotatable bonds is 6. The van der Waals surface area contributed by atoms with E-state index in [1.54, 1.807) is 24.4 Å². The van der Waals surface area contributed by atoms with Crippen LogP contribution in [0.25, 0.3) is 0 Å². The summed E-state index contributed by atoms with van der Waals surface area (Å²) >= 11 is 5.97. The zero-order valence-electron chi connectivity index (χ0n) is 13.8. The van der Waals surface area contributed by atoms with Crippen LogP contribution in [0.4, 0.5) is 11.4 Å². The van der Waals surface area contributed by atoms with Crippen molar-refractivity contribution in [3.8, 4) is 5.75 Å². The fraction of sp³-hybridized carbons (Fsp3) is 0.263. The van der Waals surface area contributed by atoms with Gasteiger partial charge in [0.2, 0.25) is 5.91 Å². The molecule has 0 bridgehead atoms. The number of aromatic hydroxyl groups is 1. The van der Waals surface area contributed by atoms with Crippen LogP contribution < -0.4 is 5.32 Å². The van der Waals surface area contributed by atoms with Crippen LogP contribution in [-0.4, -0.2) is 17.2 Å². The van der Waals surface area contributed by atoms with Crippen molar-refractivity contribution >= 4 is 35.1 Å². The van der Waals surface area contributed by atoms with Crippen LogP contribution in [0, 0.1) is 6.92 Å². The maximum atomic E-state index is 11.8. The molecule has 0 radical (unpaired) electrons. The molecule has 4 nitrogen and oxygen atoms in total. The Bertz CT molecular complexity index is 757. The van der Waals surface area contributed by atoms with Gasteiger partial charge in [0.25, 0.3) is 0 Å². The zero-order valence-corrected chi connectivity index (χ0v) is 14.6. The van der Waals surface area contributed by atoms with E-state index in [2.05, 4.69) is 17.2 Å². The van der Waals surface area contributed by atoms with Gasteiger partial charge < -0.3 is 10.4 Å². The molecule has 24 heavy (non-hydrogen) atoms. The minimum absolute atomic E-state index is 0.00101. The number of halogens is 1. The number of aryl methyl sites for hydroxylation is 1. The van der Waals surface area contributed by atoms with Crippen LogP contribution in [0.1, 0.15) is 37.3 Å². The minimum Gasteiger partial charge on any atom is -0.506 e. The molecule has 2 N–H and O–H groups in total. The number of unbranched alkanes of at least 4 members (excludes halogenated alkanes) is 1. The van der Waals surface area contributed by atoms with E-state index >= 15 is 0 Å². The maximum Gasteiger partial charge on any atom is 0.224 e. The Morgan fingerprint density at radius 2 is 2.12 bits per heavy atom. The van der Waals surface area contributed by atoms with Crippen molar-refractivity contribution in [1.29, 1.82) is 0 Å². The van der Waals surface area contributed by atoms with Gasteiger partial charge in [-0.3, -0.25) is 9.79 Å². The van der Waals surface area contributed by atoms with Crippen LogP contribution in [0.5, 0.6) is 5.75 Å². The lowest BCUT2D eigenvalue weighted by molar-refractivity contribution is -0.116. The number of benzene rings is 2. The van der Waals surface area contributed by atoms with E-state index in [9.17, 15) is 9.90 Å². The molecule has 2 rings (SSSR count). The molecule has 0 spiro atoms. The lowest BCUT2D eigenvalue weighted by Gasteiger charge is -2.06. The number of hydrogen-bond acceptors (Lipinski definition) is 3. The third-order valence-corrected chi connectivity index (χ3v) is 3.77. The second-order valence-corrected chi connectivity index (χ2v) is 6.05. The summed E-state index contributed by atoms with van der Waals surface area (Å²) in [5.41, 5.74) is 2.88. The molecule has 0 fully saturated rings. The van der Waals surface area contributed by atoms with Gasteiger partial charge in [-0.2, -0.15) is 0 Å². The van der Waals surface area contributed by atoms with Crippen molar-refractivity contribution in [2.24, 2.45) is 4.99 Å². The molecule has 0 aliphatic heterocycles. The second-order valence-electron chi connectivity index (χ2n) is 5.64. The van der Waals surface area contributed by atoms with E-state index in [-0.39, 0.29) is 11.7 Å². The fourth-order valence-corrected chi connectivity index (χ4v) is 2.51. The van der Waals surface area contributed by atoms with Gasteiger partial charge in [-0.05, 0) is 49.2 Å². The molecule has 126 valence electrons. The molecule has 0 saturated carbocycles. The number of nitrogens with one attached hydrogen (secondary N) is 1. The van der Waals surface area contributed by atoms with E-state index in [1.165, 1.54) is 0 Å². The number of carbonyl (C=O) groups is 1. The summed E-state index contributed by atoms with van der Waals surface area (Å²) < 4.78 is 0. The smallest absolute Gasteiger partial charge is 0.224 e.